The van der Waals surface area contributed by atoms with Crippen molar-refractivity contribution in [3.63, 3.8) is 0 Å². The van der Waals surface area contributed by atoms with Gasteiger partial charge in [-0.2, -0.15) is 0 Å². The van der Waals surface area contributed by atoms with Gasteiger partial charge >= 0.3 is 0 Å². The SMILES string of the molecule is CC1(CN)CCN(C(=O)CC(c2ccccc2)c2ccccc2)C1. The Morgan fingerprint density at radius 1 is 1.08 bits per heavy atom. The van der Waals surface area contributed by atoms with Crippen LogP contribution in [0.2, 0.25) is 0 Å². The summed E-state index contributed by atoms with van der Waals surface area (Å²) in [6, 6.07) is 20.6. The maximum absolute atomic E-state index is 12.9. The van der Waals surface area contributed by atoms with Crippen molar-refractivity contribution in [1.82, 2.24) is 4.90 Å². The molecule has 126 valence electrons. The summed E-state index contributed by atoms with van der Waals surface area (Å²) >= 11 is 0. The summed E-state index contributed by atoms with van der Waals surface area (Å²) in [6.07, 6.45) is 1.51. The number of likely N-dealkylation sites (tertiary alicyclic amines) is 1. The molecule has 2 N–H and O–H groups in total. The van der Waals surface area contributed by atoms with E-state index in [4.69, 9.17) is 5.73 Å². The number of carbonyl (C=O) groups excluding carboxylic acids is 1. The van der Waals surface area contributed by atoms with Crippen molar-refractivity contribution in [3.05, 3.63) is 71.8 Å². The zero-order chi connectivity index (χ0) is 17.0. The molecular formula is C21H26N2O. The van der Waals surface area contributed by atoms with Gasteiger partial charge in [-0.25, -0.2) is 0 Å². The summed E-state index contributed by atoms with van der Waals surface area (Å²) in [5.74, 6) is 0.328. The van der Waals surface area contributed by atoms with Crippen LogP contribution in [-0.4, -0.2) is 30.4 Å². The van der Waals surface area contributed by atoms with E-state index in [0.29, 0.717) is 13.0 Å². The zero-order valence-electron chi connectivity index (χ0n) is 14.3. The Kier molecular flexibility index (Phi) is 5.00. The summed E-state index contributed by atoms with van der Waals surface area (Å²) < 4.78 is 0. The van der Waals surface area contributed by atoms with Crippen LogP contribution in [0.4, 0.5) is 0 Å². The van der Waals surface area contributed by atoms with Gasteiger partial charge in [-0.05, 0) is 29.5 Å². The fourth-order valence-corrected chi connectivity index (χ4v) is 3.51. The maximum Gasteiger partial charge on any atom is 0.223 e. The summed E-state index contributed by atoms with van der Waals surface area (Å²) in [5.41, 5.74) is 8.33. The lowest BCUT2D eigenvalue weighted by Gasteiger charge is -2.25. The number of benzene rings is 2. The van der Waals surface area contributed by atoms with Gasteiger partial charge in [0.05, 0.1) is 0 Å². The Labute approximate surface area is 144 Å². The van der Waals surface area contributed by atoms with Gasteiger partial charge in [0.25, 0.3) is 0 Å². The summed E-state index contributed by atoms with van der Waals surface area (Å²) in [7, 11) is 0. The molecule has 1 saturated heterocycles. The smallest absolute Gasteiger partial charge is 0.223 e. The van der Waals surface area contributed by atoms with Gasteiger partial charge in [0, 0.05) is 25.4 Å². The molecule has 1 atom stereocenters. The monoisotopic (exact) mass is 322 g/mol. The highest BCUT2D eigenvalue weighted by atomic mass is 16.2. The second kappa shape index (κ2) is 7.18. The van der Waals surface area contributed by atoms with Crippen molar-refractivity contribution in [2.75, 3.05) is 19.6 Å². The van der Waals surface area contributed by atoms with E-state index < -0.39 is 0 Å². The molecule has 0 saturated carbocycles. The van der Waals surface area contributed by atoms with Crippen molar-refractivity contribution in [2.45, 2.75) is 25.7 Å². The molecule has 1 heterocycles. The van der Waals surface area contributed by atoms with E-state index in [9.17, 15) is 4.79 Å². The maximum atomic E-state index is 12.9. The first-order chi connectivity index (χ1) is 11.6. The highest BCUT2D eigenvalue weighted by molar-refractivity contribution is 5.78. The molecule has 1 fully saturated rings. The molecule has 1 unspecified atom stereocenters. The van der Waals surface area contributed by atoms with Crippen molar-refractivity contribution in [1.29, 1.82) is 0 Å². The van der Waals surface area contributed by atoms with E-state index in [-0.39, 0.29) is 17.2 Å². The molecule has 1 aliphatic rings. The third-order valence-corrected chi connectivity index (χ3v) is 5.19. The number of nitrogens with zero attached hydrogens (tertiary/aromatic N) is 1. The van der Waals surface area contributed by atoms with E-state index in [0.717, 1.165) is 19.5 Å². The molecule has 0 bridgehead atoms. The van der Waals surface area contributed by atoms with Gasteiger partial charge < -0.3 is 10.6 Å². The van der Waals surface area contributed by atoms with E-state index in [1.165, 1.54) is 11.1 Å². The first kappa shape index (κ1) is 16.7. The molecular weight excluding hydrogens is 296 g/mol. The molecule has 2 aromatic carbocycles. The topological polar surface area (TPSA) is 46.3 Å². The van der Waals surface area contributed by atoms with Gasteiger partial charge in [0.15, 0.2) is 0 Å². The Morgan fingerprint density at radius 3 is 2.08 bits per heavy atom. The lowest BCUT2D eigenvalue weighted by Crippen LogP contribution is -2.35. The summed E-state index contributed by atoms with van der Waals surface area (Å²) in [5, 5.41) is 0. The number of rotatable bonds is 5. The van der Waals surface area contributed by atoms with Crippen LogP contribution in [0.25, 0.3) is 0 Å². The molecule has 0 radical (unpaired) electrons. The number of amides is 1. The van der Waals surface area contributed by atoms with Crippen LogP contribution in [-0.2, 0) is 4.79 Å². The lowest BCUT2D eigenvalue weighted by atomic mass is 9.88. The highest BCUT2D eigenvalue weighted by Gasteiger charge is 2.35. The Morgan fingerprint density at radius 2 is 1.62 bits per heavy atom. The predicted molar refractivity (Wildman–Crippen MR) is 97.7 cm³/mol. The Balaban J connectivity index is 1.79. The van der Waals surface area contributed by atoms with Crippen LogP contribution in [0.5, 0.6) is 0 Å². The normalized spacial score (nSPS) is 20.5. The molecule has 24 heavy (non-hydrogen) atoms. The van der Waals surface area contributed by atoms with E-state index >= 15 is 0 Å². The first-order valence-electron chi connectivity index (χ1n) is 8.69. The number of carbonyl (C=O) groups is 1. The fourth-order valence-electron chi connectivity index (χ4n) is 3.51. The average Bonchev–Trinajstić information content (AvgIpc) is 3.04. The Bertz CT molecular complexity index is 631. The van der Waals surface area contributed by atoms with Gasteiger partial charge in [0.2, 0.25) is 5.91 Å². The summed E-state index contributed by atoms with van der Waals surface area (Å²) in [4.78, 5) is 14.9. The van der Waals surface area contributed by atoms with E-state index in [1.54, 1.807) is 0 Å². The molecule has 0 spiro atoms. The van der Waals surface area contributed by atoms with Gasteiger partial charge in [-0.15, -0.1) is 0 Å². The van der Waals surface area contributed by atoms with Gasteiger partial charge in [-0.1, -0.05) is 67.6 Å². The Hall–Kier alpha value is -2.13. The standard InChI is InChI=1S/C21H26N2O/c1-21(15-22)12-13-23(16-21)20(24)14-19(17-8-4-2-5-9-17)18-10-6-3-7-11-18/h2-11,19H,12-16,22H2,1H3. The number of hydrogen-bond donors (Lipinski definition) is 1. The molecule has 0 aliphatic carbocycles. The molecule has 2 aromatic rings. The number of nitrogens with two attached hydrogens (primary N) is 1. The van der Waals surface area contributed by atoms with Crippen LogP contribution >= 0.6 is 0 Å². The molecule has 1 amide bonds. The average molecular weight is 322 g/mol. The first-order valence-corrected chi connectivity index (χ1v) is 8.69. The highest BCUT2D eigenvalue weighted by Crippen LogP contribution is 2.32. The van der Waals surface area contributed by atoms with Crippen molar-refractivity contribution in [3.8, 4) is 0 Å². The predicted octanol–water partition coefficient (Wildman–Crippen LogP) is 3.41. The van der Waals surface area contributed by atoms with Crippen molar-refractivity contribution in [2.24, 2.45) is 11.1 Å². The van der Waals surface area contributed by atoms with Crippen LogP contribution in [0, 0.1) is 5.41 Å². The largest absolute Gasteiger partial charge is 0.342 e. The third kappa shape index (κ3) is 3.68. The van der Waals surface area contributed by atoms with E-state index in [1.807, 2.05) is 41.3 Å². The van der Waals surface area contributed by atoms with Crippen LogP contribution < -0.4 is 5.73 Å². The third-order valence-electron chi connectivity index (χ3n) is 5.19. The quantitative estimate of drug-likeness (QED) is 0.917. The molecule has 1 aliphatic heterocycles. The van der Waals surface area contributed by atoms with Crippen molar-refractivity contribution < 1.29 is 4.79 Å². The zero-order valence-corrected chi connectivity index (χ0v) is 14.3. The van der Waals surface area contributed by atoms with Crippen LogP contribution in [0.1, 0.15) is 36.8 Å². The lowest BCUT2D eigenvalue weighted by molar-refractivity contribution is -0.130. The second-order valence-corrected chi connectivity index (χ2v) is 7.16. The second-order valence-electron chi connectivity index (χ2n) is 7.16. The fraction of sp³-hybridized carbons (Fsp3) is 0.381. The molecule has 3 nitrogen and oxygen atoms in total. The summed E-state index contributed by atoms with van der Waals surface area (Å²) in [6.45, 7) is 4.41. The van der Waals surface area contributed by atoms with E-state index in [2.05, 4.69) is 31.2 Å². The van der Waals surface area contributed by atoms with Crippen molar-refractivity contribution >= 4 is 5.91 Å². The van der Waals surface area contributed by atoms with Crippen LogP contribution in [0.3, 0.4) is 0 Å². The van der Waals surface area contributed by atoms with Crippen LogP contribution in [0.15, 0.2) is 60.7 Å². The number of hydrogen-bond acceptors (Lipinski definition) is 2. The molecule has 3 rings (SSSR count). The minimum atomic E-state index is 0.0741. The minimum Gasteiger partial charge on any atom is -0.342 e. The molecule has 3 heteroatoms. The van der Waals surface area contributed by atoms with Gasteiger partial charge in [-0.3, -0.25) is 4.79 Å². The van der Waals surface area contributed by atoms with Gasteiger partial charge in [0.1, 0.15) is 0 Å². The minimum absolute atomic E-state index is 0.0741. The molecule has 0 aromatic heterocycles.